The summed E-state index contributed by atoms with van der Waals surface area (Å²) in [6.45, 7) is 1.57. The van der Waals surface area contributed by atoms with Crippen molar-refractivity contribution >= 4 is 23.4 Å². The van der Waals surface area contributed by atoms with E-state index in [4.69, 9.17) is 17.3 Å². The quantitative estimate of drug-likeness (QED) is 0.377. The van der Waals surface area contributed by atoms with E-state index in [2.05, 4.69) is 10.3 Å². The molecule has 37 heavy (non-hydrogen) atoms. The molecule has 3 N–H and O–H groups in total. The monoisotopic (exact) mass is 521 g/mol. The average molecular weight is 522 g/mol. The third-order valence-electron chi connectivity index (χ3n) is 6.30. The number of halogens is 3. The topological polar surface area (TPSA) is 85.1 Å². The lowest BCUT2D eigenvalue weighted by atomic mass is 9.92. The van der Waals surface area contributed by atoms with Gasteiger partial charge < -0.3 is 11.1 Å². The predicted octanol–water partition coefficient (Wildman–Crippen LogP) is 6.07. The molecule has 8 heteroatoms. The molecule has 1 aromatic heterocycles. The molecule has 190 valence electrons. The highest BCUT2D eigenvalue weighted by Crippen LogP contribution is 2.31. The molecule has 1 heterocycles. The van der Waals surface area contributed by atoms with Gasteiger partial charge in [-0.3, -0.25) is 14.6 Å². The number of pyridine rings is 1. The summed E-state index contributed by atoms with van der Waals surface area (Å²) in [5, 5.41) is 3.70. The van der Waals surface area contributed by atoms with Gasteiger partial charge in [0, 0.05) is 28.4 Å². The van der Waals surface area contributed by atoms with Crippen molar-refractivity contribution in [3.05, 3.63) is 112 Å². The van der Waals surface area contributed by atoms with Crippen LogP contribution in [0.3, 0.4) is 0 Å². The number of hydrogen-bond acceptors (Lipinski definition) is 3. The van der Waals surface area contributed by atoms with Crippen LogP contribution in [-0.4, -0.2) is 16.8 Å². The number of benzene rings is 2. The normalized spacial score (nSPS) is 13.9. The van der Waals surface area contributed by atoms with Gasteiger partial charge in [0.25, 0.3) is 0 Å². The van der Waals surface area contributed by atoms with E-state index in [0.29, 0.717) is 38.5 Å². The predicted molar refractivity (Wildman–Crippen MR) is 140 cm³/mol. The largest absolute Gasteiger partial charge is 0.366 e. The van der Waals surface area contributed by atoms with Crippen LogP contribution in [-0.2, 0) is 11.2 Å². The van der Waals surface area contributed by atoms with E-state index >= 15 is 0 Å². The molecule has 1 aliphatic rings. The standard InChI is InChI=1S/C29H26ClF2N3O2/c1-17-21(14-23(31)16-25(17)32)15-26(35-27(36)12-18-5-2-8-22(30)11-18)28-24(9-4-10-34-28)19-6-3-7-20(13-19)29(33)37/h3-7,9-11,13-14,16,26H,2,8,12,15H2,1H3,(H2,33,37)(H,35,36). The first kappa shape index (κ1) is 26.2. The first-order chi connectivity index (χ1) is 17.7. The van der Waals surface area contributed by atoms with Crippen molar-refractivity contribution in [1.82, 2.24) is 10.3 Å². The third kappa shape index (κ3) is 6.49. The lowest BCUT2D eigenvalue weighted by Gasteiger charge is -2.23. The lowest BCUT2D eigenvalue weighted by molar-refractivity contribution is -0.121. The fraction of sp³-hybridized carbons (Fsp3) is 0.207. The molecule has 0 fully saturated rings. The van der Waals surface area contributed by atoms with E-state index < -0.39 is 23.6 Å². The van der Waals surface area contributed by atoms with E-state index in [1.807, 2.05) is 12.1 Å². The highest BCUT2D eigenvalue weighted by molar-refractivity contribution is 6.29. The Morgan fingerprint density at radius 1 is 1.16 bits per heavy atom. The second-order valence-electron chi connectivity index (χ2n) is 8.96. The number of nitrogens with one attached hydrogen (secondary N) is 1. The van der Waals surface area contributed by atoms with Crippen LogP contribution in [0.2, 0.25) is 0 Å². The minimum atomic E-state index is -0.718. The van der Waals surface area contributed by atoms with Gasteiger partial charge in [-0.15, -0.1) is 0 Å². The fourth-order valence-electron chi connectivity index (χ4n) is 4.41. The third-order valence-corrected chi connectivity index (χ3v) is 6.60. The molecule has 1 aliphatic carbocycles. The number of hydrogen-bond donors (Lipinski definition) is 2. The minimum absolute atomic E-state index is 0.0986. The minimum Gasteiger partial charge on any atom is -0.366 e. The van der Waals surface area contributed by atoms with Crippen LogP contribution >= 0.6 is 11.6 Å². The first-order valence-electron chi connectivity index (χ1n) is 11.9. The molecule has 1 atom stereocenters. The Kier molecular flexibility index (Phi) is 8.14. The molecule has 2 aromatic carbocycles. The highest BCUT2D eigenvalue weighted by Gasteiger charge is 2.23. The van der Waals surface area contributed by atoms with Gasteiger partial charge in [-0.1, -0.05) is 35.9 Å². The maximum absolute atomic E-state index is 14.4. The first-order valence-corrected chi connectivity index (χ1v) is 12.2. The number of carbonyl (C=O) groups excluding carboxylic acids is 2. The zero-order chi connectivity index (χ0) is 26.5. The van der Waals surface area contributed by atoms with Gasteiger partial charge in [0.15, 0.2) is 0 Å². The zero-order valence-corrected chi connectivity index (χ0v) is 21.0. The summed E-state index contributed by atoms with van der Waals surface area (Å²) in [7, 11) is 0. The van der Waals surface area contributed by atoms with Crippen molar-refractivity contribution in [2.75, 3.05) is 0 Å². The summed E-state index contributed by atoms with van der Waals surface area (Å²) in [5.74, 6) is -2.22. The van der Waals surface area contributed by atoms with Gasteiger partial charge in [0.05, 0.1) is 18.2 Å². The fourth-order valence-corrected chi connectivity index (χ4v) is 4.66. The molecule has 0 saturated heterocycles. The number of allylic oxidation sites excluding steroid dienone is 3. The van der Waals surface area contributed by atoms with Gasteiger partial charge in [-0.05, 0) is 78.8 Å². The Balaban J connectivity index is 1.74. The molecule has 3 aromatic rings. The maximum atomic E-state index is 14.4. The van der Waals surface area contributed by atoms with Crippen LogP contribution in [0.4, 0.5) is 8.78 Å². The van der Waals surface area contributed by atoms with Crippen LogP contribution in [0.1, 0.15) is 52.5 Å². The number of aromatic nitrogens is 1. The Morgan fingerprint density at radius 3 is 2.73 bits per heavy atom. The zero-order valence-electron chi connectivity index (χ0n) is 20.2. The number of amides is 2. The Hall–Kier alpha value is -3.84. The average Bonchev–Trinajstić information content (AvgIpc) is 2.86. The molecule has 1 unspecified atom stereocenters. The molecule has 0 radical (unpaired) electrons. The molecule has 0 spiro atoms. The molecular weight excluding hydrogens is 496 g/mol. The van der Waals surface area contributed by atoms with Crippen molar-refractivity contribution in [3.63, 3.8) is 0 Å². The molecule has 5 nitrogen and oxygen atoms in total. The number of rotatable bonds is 8. The SMILES string of the molecule is Cc1c(F)cc(F)cc1CC(NC(=O)CC1=CCCC(Cl)=C1)c1ncccc1-c1cccc(C(N)=O)c1. The number of nitrogens with zero attached hydrogens (tertiary/aromatic N) is 1. The van der Waals surface area contributed by atoms with Crippen molar-refractivity contribution in [2.45, 2.75) is 38.6 Å². The van der Waals surface area contributed by atoms with Gasteiger partial charge in [0.1, 0.15) is 11.6 Å². The van der Waals surface area contributed by atoms with Gasteiger partial charge in [-0.25, -0.2) is 8.78 Å². The van der Waals surface area contributed by atoms with Crippen molar-refractivity contribution < 1.29 is 18.4 Å². The van der Waals surface area contributed by atoms with E-state index in [1.165, 1.54) is 6.07 Å². The van der Waals surface area contributed by atoms with Gasteiger partial charge in [0.2, 0.25) is 11.8 Å². The van der Waals surface area contributed by atoms with Crippen molar-refractivity contribution in [3.8, 4) is 11.1 Å². The Morgan fingerprint density at radius 2 is 1.97 bits per heavy atom. The highest BCUT2D eigenvalue weighted by atomic mass is 35.5. The molecular formula is C29H26ClF2N3O2. The molecule has 0 saturated carbocycles. The number of primary amides is 1. The summed E-state index contributed by atoms with van der Waals surface area (Å²) in [6, 6.07) is 11.7. The van der Waals surface area contributed by atoms with E-state index in [1.54, 1.807) is 49.5 Å². The Labute approximate surface area is 219 Å². The summed E-state index contributed by atoms with van der Waals surface area (Å²) < 4.78 is 28.5. The van der Waals surface area contributed by atoms with Crippen LogP contribution < -0.4 is 11.1 Å². The molecule has 2 amide bonds. The second-order valence-corrected chi connectivity index (χ2v) is 9.45. The number of carbonyl (C=O) groups is 2. The molecule has 4 rings (SSSR count). The summed E-state index contributed by atoms with van der Waals surface area (Å²) in [5.41, 5.74) is 9.11. The van der Waals surface area contributed by atoms with E-state index in [0.717, 1.165) is 24.5 Å². The molecule has 0 aliphatic heterocycles. The summed E-state index contributed by atoms with van der Waals surface area (Å²) in [4.78, 5) is 29.4. The van der Waals surface area contributed by atoms with Crippen molar-refractivity contribution in [1.29, 1.82) is 0 Å². The van der Waals surface area contributed by atoms with Crippen LogP contribution in [0.25, 0.3) is 11.1 Å². The number of nitrogens with two attached hydrogens (primary N) is 1. The molecule has 0 bridgehead atoms. The summed E-state index contributed by atoms with van der Waals surface area (Å²) >= 11 is 6.15. The maximum Gasteiger partial charge on any atom is 0.248 e. The smallest absolute Gasteiger partial charge is 0.248 e. The second kappa shape index (κ2) is 11.5. The van der Waals surface area contributed by atoms with Gasteiger partial charge in [-0.2, -0.15) is 0 Å². The van der Waals surface area contributed by atoms with Crippen LogP contribution in [0, 0.1) is 18.6 Å². The Bertz CT molecular complexity index is 1420. The van der Waals surface area contributed by atoms with Crippen LogP contribution in [0.5, 0.6) is 0 Å². The van der Waals surface area contributed by atoms with Crippen molar-refractivity contribution in [2.24, 2.45) is 5.73 Å². The summed E-state index contributed by atoms with van der Waals surface area (Å²) in [6.07, 6.45) is 7.03. The lowest BCUT2D eigenvalue weighted by Crippen LogP contribution is -2.31. The van der Waals surface area contributed by atoms with Crippen LogP contribution in [0.15, 0.2) is 77.5 Å². The van der Waals surface area contributed by atoms with E-state index in [-0.39, 0.29) is 18.7 Å². The van der Waals surface area contributed by atoms with Gasteiger partial charge >= 0.3 is 0 Å². The van der Waals surface area contributed by atoms with E-state index in [9.17, 15) is 18.4 Å².